The Labute approximate surface area is 85.3 Å². The highest BCUT2D eigenvalue weighted by molar-refractivity contribution is 7.97. The lowest BCUT2D eigenvalue weighted by Crippen LogP contribution is -1.94. The molecule has 14 heavy (non-hydrogen) atoms. The summed E-state index contributed by atoms with van der Waals surface area (Å²) in [6.07, 6.45) is 0. The zero-order chi connectivity index (χ0) is 10.4. The van der Waals surface area contributed by atoms with Crippen LogP contribution in [0.1, 0.15) is 10.4 Å². The monoisotopic (exact) mass is 208 g/mol. The summed E-state index contributed by atoms with van der Waals surface area (Å²) < 4.78 is 2.91. The maximum absolute atomic E-state index is 11.1. The van der Waals surface area contributed by atoms with E-state index in [0.717, 1.165) is 4.90 Å². The fourth-order valence-electron chi connectivity index (χ4n) is 0.882. The molecule has 1 aromatic carbocycles. The highest BCUT2D eigenvalue weighted by atomic mass is 32.2. The molecule has 0 aliphatic heterocycles. The van der Waals surface area contributed by atoms with Crippen molar-refractivity contribution >= 4 is 17.9 Å². The van der Waals surface area contributed by atoms with Gasteiger partial charge in [0.15, 0.2) is 0 Å². The van der Waals surface area contributed by atoms with Crippen molar-refractivity contribution in [3.05, 3.63) is 40.3 Å². The van der Waals surface area contributed by atoms with E-state index in [2.05, 4.69) is 14.7 Å². The van der Waals surface area contributed by atoms with Crippen LogP contribution in [0.25, 0.3) is 10.4 Å². The van der Waals surface area contributed by atoms with Crippen LogP contribution in [0.15, 0.2) is 34.3 Å². The van der Waals surface area contributed by atoms with Gasteiger partial charge in [-0.2, -0.15) is 0 Å². The molecule has 1 aromatic rings. The number of carbonyl (C=O) groups excluding carboxylic acids is 1. The van der Waals surface area contributed by atoms with Crippen LogP contribution in [-0.4, -0.2) is 13.0 Å². The SMILES string of the molecule is CNSc1ccc(C(=O)N=[N+]=[N-])cc1. The largest absolute Gasteiger partial charge is 0.287 e. The molecule has 0 spiro atoms. The van der Waals surface area contributed by atoms with Gasteiger partial charge in [-0.05, 0) is 41.8 Å². The lowest BCUT2D eigenvalue weighted by atomic mass is 10.2. The summed E-state index contributed by atoms with van der Waals surface area (Å²) in [5, 5.41) is 2.99. The molecule has 6 heteroatoms. The second kappa shape index (κ2) is 5.29. The van der Waals surface area contributed by atoms with E-state index in [-0.39, 0.29) is 0 Å². The highest BCUT2D eigenvalue weighted by Crippen LogP contribution is 2.14. The van der Waals surface area contributed by atoms with Crippen LogP contribution < -0.4 is 4.72 Å². The number of nitrogens with one attached hydrogen (secondary N) is 1. The van der Waals surface area contributed by atoms with Crippen molar-refractivity contribution in [3.63, 3.8) is 0 Å². The Morgan fingerprint density at radius 3 is 2.64 bits per heavy atom. The van der Waals surface area contributed by atoms with Crippen LogP contribution >= 0.6 is 11.9 Å². The van der Waals surface area contributed by atoms with Crippen molar-refractivity contribution in [2.75, 3.05) is 7.05 Å². The van der Waals surface area contributed by atoms with Gasteiger partial charge in [0.25, 0.3) is 0 Å². The molecule has 0 aliphatic rings. The van der Waals surface area contributed by atoms with Gasteiger partial charge in [0, 0.05) is 15.4 Å². The Bertz CT molecular complexity index is 369. The van der Waals surface area contributed by atoms with Gasteiger partial charge in [0.2, 0.25) is 5.91 Å². The van der Waals surface area contributed by atoms with E-state index in [0.29, 0.717) is 5.56 Å². The molecule has 0 bridgehead atoms. The van der Waals surface area contributed by atoms with E-state index in [4.69, 9.17) is 5.53 Å². The van der Waals surface area contributed by atoms with Crippen molar-refractivity contribution in [1.29, 1.82) is 0 Å². The van der Waals surface area contributed by atoms with Gasteiger partial charge in [-0.15, -0.1) is 0 Å². The first kappa shape index (κ1) is 10.6. The number of hydrogen-bond donors (Lipinski definition) is 1. The topological polar surface area (TPSA) is 77.9 Å². The molecule has 1 N–H and O–H groups in total. The maximum atomic E-state index is 11.1. The minimum absolute atomic E-state index is 0.392. The fourth-order valence-corrected chi connectivity index (χ4v) is 1.39. The second-order valence-corrected chi connectivity index (χ2v) is 3.41. The van der Waals surface area contributed by atoms with Crippen LogP contribution in [0, 0.1) is 0 Å². The van der Waals surface area contributed by atoms with E-state index in [1.54, 1.807) is 24.3 Å². The predicted octanol–water partition coefficient (Wildman–Crippen LogP) is 2.36. The van der Waals surface area contributed by atoms with Gasteiger partial charge in [0.1, 0.15) is 0 Å². The standard InChI is InChI=1S/C8H8N4OS/c1-10-14-7-4-2-6(3-5-7)8(13)11-12-9/h2-5,10H,1H3. The summed E-state index contributed by atoms with van der Waals surface area (Å²) in [7, 11) is 1.81. The fraction of sp³-hybridized carbons (Fsp3) is 0.125. The Balaban J connectivity index is 2.82. The number of benzene rings is 1. The summed E-state index contributed by atoms with van der Waals surface area (Å²) in [6, 6.07) is 6.80. The normalized spacial score (nSPS) is 9.21. The molecule has 0 unspecified atom stereocenters. The van der Waals surface area contributed by atoms with Crippen LogP contribution in [0.3, 0.4) is 0 Å². The van der Waals surface area contributed by atoms with E-state index in [9.17, 15) is 4.79 Å². The molecule has 0 heterocycles. The molecule has 0 radical (unpaired) electrons. The molecule has 0 saturated heterocycles. The second-order valence-electron chi connectivity index (χ2n) is 2.33. The summed E-state index contributed by atoms with van der Waals surface area (Å²) in [5.41, 5.74) is 8.45. The number of nitrogens with zero attached hydrogens (tertiary/aromatic N) is 3. The lowest BCUT2D eigenvalue weighted by Gasteiger charge is -1.99. The van der Waals surface area contributed by atoms with E-state index in [1.165, 1.54) is 11.9 Å². The average molecular weight is 208 g/mol. The van der Waals surface area contributed by atoms with Crippen LogP contribution in [0.2, 0.25) is 0 Å². The van der Waals surface area contributed by atoms with E-state index >= 15 is 0 Å². The van der Waals surface area contributed by atoms with Crippen molar-refractivity contribution in [3.8, 4) is 0 Å². The van der Waals surface area contributed by atoms with E-state index < -0.39 is 5.91 Å². The zero-order valence-electron chi connectivity index (χ0n) is 7.47. The van der Waals surface area contributed by atoms with Crippen LogP contribution in [-0.2, 0) is 0 Å². The maximum Gasteiger partial charge on any atom is 0.249 e. The zero-order valence-corrected chi connectivity index (χ0v) is 8.28. The van der Waals surface area contributed by atoms with Crippen LogP contribution in [0.4, 0.5) is 0 Å². The predicted molar refractivity (Wildman–Crippen MR) is 54.8 cm³/mol. The quantitative estimate of drug-likeness (QED) is 0.358. The summed E-state index contributed by atoms with van der Waals surface area (Å²) in [4.78, 5) is 14.5. The first-order chi connectivity index (χ1) is 6.77. The number of amides is 1. The Hall–Kier alpha value is -1.49. The molecule has 0 atom stereocenters. The smallest absolute Gasteiger partial charge is 0.249 e. The highest BCUT2D eigenvalue weighted by Gasteiger charge is 2.01. The van der Waals surface area contributed by atoms with Gasteiger partial charge in [-0.1, -0.05) is 12.1 Å². The third-order valence-corrected chi connectivity index (χ3v) is 2.17. The molecular formula is C8H8N4OS. The van der Waals surface area contributed by atoms with Gasteiger partial charge in [0.05, 0.1) is 0 Å². The Kier molecular flexibility index (Phi) is 4.00. The first-order valence-electron chi connectivity index (χ1n) is 3.81. The molecule has 1 rings (SSSR count). The molecule has 0 aromatic heterocycles. The lowest BCUT2D eigenvalue weighted by molar-refractivity contribution is 0.100. The number of azide groups is 1. The van der Waals surface area contributed by atoms with Crippen molar-refractivity contribution < 1.29 is 4.79 Å². The third kappa shape index (κ3) is 2.77. The number of rotatable bonds is 3. The molecule has 5 nitrogen and oxygen atoms in total. The molecule has 1 amide bonds. The Morgan fingerprint density at radius 2 is 2.14 bits per heavy atom. The number of carbonyl (C=O) groups is 1. The first-order valence-corrected chi connectivity index (χ1v) is 4.62. The van der Waals surface area contributed by atoms with Gasteiger partial charge in [-0.3, -0.25) is 9.52 Å². The molecular weight excluding hydrogens is 200 g/mol. The molecule has 0 saturated carbocycles. The van der Waals surface area contributed by atoms with Gasteiger partial charge < -0.3 is 0 Å². The van der Waals surface area contributed by atoms with Crippen molar-refractivity contribution in [2.45, 2.75) is 4.90 Å². The average Bonchev–Trinajstić information content (AvgIpc) is 2.20. The van der Waals surface area contributed by atoms with Gasteiger partial charge >= 0.3 is 0 Å². The summed E-state index contributed by atoms with van der Waals surface area (Å²) >= 11 is 1.44. The van der Waals surface area contributed by atoms with E-state index in [1.807, 2.05) is 7.05 Å². The van der Waals surface area contributed by atoms with Crippen molar-refractivity contribution in [1.82, 2.24) is 4.72 Å². The van der Waals surface area contributed by atoms with Crippen molar-refractivity contribution in [2.24, 2.45) is 5.11 Å². The Morgan fingerprint density at radius 1 is 1.50 bits per heavy atom. The minimum Gasteiger partial charge on any atom is -0.287 e. The molecule has 0 fully saturated rings. The minimum atomic E-state index is -0.562. The summed E-state index contributed by atoms with van der Waals surface area (Å²) in [6.45, 7) is 0. The van der Waals surface area contributed by atoms with Gasteiger partial charge in [-0.25, -0.2) is 0 Å². The summed E-state index contributed by atoms with van der Waals surface area (Å²) in [5.74, 6) is -0.562. The van der Waals surface area contributed by atoms with Crippen LogP contribution in [0.5, 0.6) is 0 Å². The third-order valence-electron chi connectivity index (χ3n) is 1.46. The molecule has 72 valence electrons. The molecule has 0 aliphatic carbocycles. The number of hydrogen-bond acceptors (Lipinski definition) is 3.